The van der Waals surface area contributed by atoms with Gasteiger partial charge in [-0.15, -0.1) is 0 Å². The first kappa shape index (κ1) is 19.7. The van der Waals surface area contributed by atoms with Gasteiger partial charge < -0.3 is 9.64 Å². The van der Waals surface area contributed by atoms with Gasteiger partial charge in [0.2, 0.25) is 0 Å². The van der Waals surface area contributed by atoms with E-state index in [1.54, 1.807) is 6.07 Å². The second-order valence-electron chi connectivity index (χ2n) is 8.53. The molecule has 0 amide bonds. The number of halogens is 2. The van der Waals surface area contributed by atoms with E-state index in [2.05, 4.69) is 30.7 Å². The van der Waals surface area contributed by atoms with Gasteiger partial charge in [-0.1, -0.05) is 6.07 Å². The molecule has 3 nitrogen and oxygen atoms in total. The predicted octanol–water partition coefficient (Wildman–Crippen LogP) is 4.07. The van der Waals surface area contributed by atoms with Gasteiger partial charge in [0.15, 0.2) is 11.6 Å². The molecule has 0 N–H and O–H groups in total. The molecule has 1 aromatic carbocycles. The van der Waals surface area contributed by atoms with E-state index in [9.17, 15) is 8.78 Å². The van der Waals surface area contributed by atoms with Crippen molar-refractivity contribution in [2.24, 2.45) is 5.41 Å². The maximum atomic E-state index is 13.4. The van der Waals surface area contributed by atoms with Gasteiger partial charge in [-0.05, 0) is 82.8 Å². The maximum absolute atomic E-state index is 13.4. The molecule has 5 heteroatoms. The van der Waals surface area contributed by atoms with Crippen molar-refractivity contribution in [3.8, 4) is 0 Å². The molecule has 2 fully saturated rings. The summed E-state index contributed by atoms with van der Waals surface area (Å²) in [5.74, 6) is -1.53. The average Bonchev–Trinajstić information content (AvgIpc) is 2.62. The Kier molecular flexibility index (Phi) is 6.31. The minimum absolute atomic E-state index is 0.317. The van der Waals surface area contributed by atoms with E-state index in [0.717, 1.165) is 51.1 Å². The molecule has 2 heterocycles. The summed E-state index contributed by atoms with van der Waals surface area (Å²) in [6, 6.07) is 4.77. The minimum atomic E-state index is -0.775. The van der Waals surface area contributed by atoms with Gasteiger partial charge in [0.05, 0.1) is 12.7 Å². The number of nitrogens with zero attached hydrogens (tertiary/aromatic N) is 2. The van der Waals surface area contributed by atoms with Gasteiger partial charge in [0.1, 0.15) is 0 Å². The van der Waals surface area contributed by atoms with Crippen LogP contribution in [0.2, 0.25) is 0 Å². The summed E-state index contributed by atoms with van der Waals surface area (Å²) < 4.78 is 32.7. The number of rotatable bonds is 5. The molecule has 146 valence electrons. The lowest BCUT2D eigenvalue weighted by molar-refractivity contribution is -0.0946. The number of hydrogen-bond donors (Lipinski definition) is 0. The highest BCUT2D eigenvalue weighted by Gasteiger charge is 2.39. The monoisotopic (exact) mass is 366 g/mol. The topological polar surface area (TPSA) is 15.7 Å². The average molecular weight is 366 g/mol. The standard InChI is InChI=1S/C21H32F2N2O/c1-16(2)24(3)14-18-6-7-21(15-26-18)8-10-25(11-9-21)13-17-4-5-19(22)20(23)12-17/h4-5,12,16,18H,6-11,13-15H2,1-3H3. The Morgan fingerprint density at radius 3 is 2.50 bits per heavy atom. The first-order valence-electron chi connectivity index (χ1n) is 9.85. The summed E-state index contributed by atoms with van der Waals surface area (Å²) in [4.78, 5) is 4.70. The van der Waals surface area contributed by atoms with E-state index in [0.29, 0.717) is 24.1 Å². The lowest BCUT2D eigenvalue weighted by atomic mass is 9.73. The third kappa shape index (κ3) is 4.81. The molecule has 0 radical (unpaired) electrons. The zero-order valence-corrected chi connectivity index (χ0v) is 16.3. The smallest absolute Gasteiger partial charge is 0.159 e. The number of benzene rings is 1. The molecular weight excluding hydrogens is 334 g/mol. The van der Waals surface area contributed by atoms with E-state index in [4.69, 9.17) is 4.74 Å². The highest BCUT2D eigenvalue weighted by molar-refractivity contribution is 5.17. The molecule has 1 atom stereocenters. The van der Waals surface area contributed by atoms with Crippen molar-refractivity contribution < 1.29 is 13.5 Å². The fourth-order valence-electron chi connectivity index (χ4n) is 4.07. The van der Waals surface area contributed by atoms with Crippen LogP contribution in [0.15, 0.2) is 18.2 Å². The van der Waals surface area contributed by atoms with Crippen molar-refractivity contribution in [2.75, 3.05) is 33.3 Å². The highest BCUT2D eigenvalue weighted by atomic mass is 19.2. The Labute approximate surface area is 156 Å². The Balaban J connectivity index is 1.46. The normalized spacial score (nSPS) is 23.9. The van der Waals surface area contributed by atoms with Crippen LogP contribution in [0, 0.1) is 17.0 Å². The van der Waals surface area contributed by atoms with E-state index < -0.39 is 11.6 Å². The molecule has 2 saturated heterocycles. The third-order valence-corrected chi connectivity index (χ3v) is 6.30. The summed E-state index contributed by atoms with van der Waals surface area (Å²) in [5, 5.41) is 0. The number of likely N-dealkylation sites (N-methyl/N-ethyl adjacent to an activating group) is 1. The second kappa shape index (κ2) is 8.32. The summed E-state index contributed by atoms with van der Waals surface area (Å²) in [5.41, 5.74) is 1.16. The van der Waals surface area contributed by atoms with Crippen LogP contribution < -0.4 is 0 Å². The number of likely N-dealkylation sites (tertiary alicyclic amines) is 1. The fourth-order valence-corrected chi connectivity index (χ4v) is 4.07. The van der Waals surface area contributed by atoms with Gasteiger partial charge in [0, 0.05) is 19.1 Å². The first-order valence-corrected chi connectivity index (χ1v) is 9.85. The lowest BCUT2D eigenvalue weighted by Crippen LogP contribution is -2.47. The van der Waals surface area contributed by atoms with Crippen molar-refractivity contribution >= 4 is 0 Å². The predicted molar refractivity (Wildman–Crippen MR) is 100 cm³/mol. The van der Waals surface area contributed by atoms with E-state index in [1.165, 1.54) is 18.6 Å². The molecular formula is C21H32F2N2O. The van der Waals surface area contributed by atoms with Crippen LogP contribution in [-0.4, -0.2) is 55.2 Å². The highest BCUT2D eigenvalue weighted by Crippen LogP contribution is 2.40. The summed E-state index contributed by atoms with van der Waals surface area (Å²) in [6.07, 6.45) is 4.99. The quantitative estimate of drug-likeness (QED) is 0.781. The number of ether oxygens (including phenoxy) is 1. The SMILES string of the molecule is CC(C)N(C)CC1CCC2(CCN(Cc3ccc(F)c(F)c3)CC2)CO1. The Bertz CT molecular complexity index is 590. The first-order chi connectivity index (χ1) is 12.4. The van der Waals surface area contributed by atoms with Gasteiger partial charge in [-0.25, -0.2) is 8.78 Å². The molecule has 1 aromatic rings. The zero-order chi connectivity index (χ0) is 18.7. The molecule has 0 aromatic heterocycles. The van der Waals surface area contributed by atoms with Crippen molar-refractivity contribution in [2.45, 2.75) is 58.2 Å². The van der Waals surface area contributed by atoms with Crippen LogP contribution in [0.3, 0.4) is 0 Å². The van der Waals surface area contributed by atoms with Crippen LogP contribution in [-0.2, 0) is 11.3 Å². The van der Waals surface area contributed by atoms with Crippen molar-refractivity contribution in [1.82, 2.24) is 9.80 Å². The number of hydrogen-bond acceptors (Lipinski definition) is 3. The molecule has 2 aliphatic rings. The Morgan fingerprint density at radius 2 is 1.92 bits per heavy atom. The minimum Gasteiger partial charge on any atom is -0.376 e. The maximum Gasteiger partial charge on any atom is 0.159 e. The van der Waals surface area contributed by atoms with Crippen molar-refractivity contribution in [3.05, 3.63) is 35.4 Å². The van der Waals surface area contributed by atoms with Crippen LogP contribution in [0.25, 0.3) is 0 Å². The van der Waals surface area contributed by atoms with Gasteiger partial charge in [-0.3, -0.25) is 4.90 Å². The Hall–Kier alpha value is -1.04. The molecule has 1 unspecified atom stereocenters. The number of piperidine rings is 1. The molecule has 1 spiro atoms. The summed E-state index contributed by atoms with van der Waals surface area (Å²) >= 11 is 0. The van der Waals surface area contributed by atoms with E-state index in [1.807, 2.05) is 0 Å². The van der Waals surface area contributed by atoms with Crippen LogP contribution in [0.5, 0.6) is 0 Å². The molecule has 3 rings (SSSR count). The molecule has 0 saturated carbocycles. The molecule has 2 aliphatic heterocycles. The zero-order valence-electron chi connectivity index (χ0n) is 16.3. The lowest BCUT2D eigenvalue weighted by Gasteiger charge is -2.46. The van der Waals surface area contributed by atoms with Crippen molar-refractivity contribution in [3.63, 3.8) is 0 Å². The van der Waals surface area contributed by atoms with E-state index >= 15 is 0 Å². The molecule has 0 aliphatic carbocycles. The van der Waals surface area contributed by atoms with E-state index in [-0.39, 0.29) is 0 Å². The van der Waals surface area contributed by atoms with Gasteiger partial charge >= 0.3 is 0 Å². The van der Waals surface area contributed by atoms with Gasteiger partial charge in [-0.2, -0.15) is 0 Å². The second-order valence-corrected chi connectivity index (χ2v) is 8.53. The largest absolute Gasteiger partial charge is 0.376 e. The molecule has 0 bridgehead atoms. The Morgan fingerprint density at radius 1 is 1.19 bits per heavy atom. The summed E-state index contributed by atoms with van der Waals surface area (Å²) in [7, 11) is 2.16. The van der Waals surface area contributed by atoms with Crippen molar-refractivity contribution in [1.29, 1.82) is 0 Å². The molecule has 26 heavy (non-hydrogen) atoms. The third-order valence-electron chi connectivity index (χ3n) is 6.30. The van der Waals surface area contributed by atoms with Gasteiger partial charge in [0.25, 0.3) is 0 Å². The fraction of sp³-hybridized carbons (Fsp3) is 0.714. The van der Waals surface area contributed by atoms with Crippen LogP contribution >= 0.6 is 0 Å². The summed E-state index contributed by atoms with van der Waals surface area (Å²) in [6.45, 7) is 8.99. The van der Waals surface area contributed by atoms with Crippen LogP contribution in [0.4, 0.5) is 8.78 Å². The van der Waals surface area contributed by atoms with Crippen LogP contribution in [0.1, 0.15) is 45.1 Å².